The van der Waals surface area contributed by atoms with Crippen LogP contribution in [0.1, 0.15) is 0 Å². The molecule has 0 atom stereocenters. The first-order chi connectivity index (χ1) is 10.0. The Morgan fingerprint density at radius 3 is 1.30 bits per heavy atom. The van der Waals surface area contributed by atoms with Crippen molar-refractivity contribution in [1.29, 1.82) is 0 Å². The molecule has 134 valence electrons. The normalized spacial score (nSPS) is 14.0. The highest BCUT2D eigenvalue weighted by molar-refractivity contribution is 7.86. The van der Waals surface area contributed by atoms with Crippen molar-refractivity contribution in [2.45, 2.75) is 23.3 Å². The molecule has 23 heavy (non-hydrogen) atoms. The first kappa shape index (κ1) is 21.4. The van der Waals surface area contributed by atoms with E-state index in [4.69, 9.17) is 0 Å². The number of rotatable bonds is 3. The molecule has 0 fully saturated rings. The number of nitrogens with one attached hydrogen (secondary N) is 1. The predicted octanol–water partition coefficient (Wildman–Crippen LogP) is 2.46. The van der Waals surface area contributed by atoms with E-state index < -0.39 is 33.4 Å². The highest BCUT2D eigenvalue weighted by Crippen LogP contribution is 2.54. The highest BCUT2D eigenvalue weighted by Gasteiger charge is 2.83. The van der Waals surface area contributed by atoms with Crippen molar-refractivity contribution in [3.8, 4) is 0 Å². The summed E-state index contributed by atoms with van der Waals surface area (Å²) in [7, 11) is -7.42. The second-order valence-corrected chi connectivity index (χ2v) is 5.12. The molecule has 0 unspecified atom stereocenters. The number of alkyl halides is 9. The zero-order chi connectivity index (χ0) is 18.7. The van der Waals surface area contributed by atoms with Crippen LogP contribution in [-0.4, -0.2) is 36.2 Å². The summed E-state index contributed by atoms with van der Waals surface area (Å²) in [6, 6.07) is 5.86. The summed E-state index contributed by atoms with van der Waals surface area (Å²) in [5.74, 6) is -14.8. The maximum Gasteiger partial charge on any atom is 0.460 e. The average Bonchev–Trinajstić information content (AvgIpc) is 2.38. The molecule has 0 spiro atoms. The van der Waals surface area contributed by atoms with E-state index in [9.17, 15) is 52.5 Å². The molecular weight excluding hydrogens is 373 g/mol. The average molecular weight is 379 g/mol. The van der Waals surface area contributed by atoms with E-state index in [2.05, 4.69) is 4.98 Å². The van der Waals surface area contributed by atoms with Crippen molar-refractivity contribution >= 4 is 10.1 Å². The van der Waals surface area contributed by atoms with Crippen molar-refractivity contribution in [1.82, 2.24) is 0 Å². The van der Waals surface area contributed by atoms with Gasteiger partial charge < -0.3 is 4.55 Å². The maximum absolute atomic E-state index is 12.2. The fraction of sp³-hybridized carbons (Fsp3) is 0.444. The Bertz CT molecular complexity index is 574. The number of aromatic nitrogens is 1. The molecular formula is C9H6F9NO3S. The molecule has 0 saturated heterocycles. The van der Waals surface area contributed by atoms with E-state index in [-0.39, 0.29) is 0 Å². The Morgan fingerprint density at radius 1 is 0.739 bits per heavy atom. The van der Waals surface area contributed by atoms with Gasteiger partial charge in [-0.15, -0.1) is 0 Å². The number of aromatic amines is 1. The fourth-order valence-electron chi connectivity index (χ4n) is 0.860. The van der Waals surface area contributed by atoms with Crippen LogP contribution >= 0.6 is 0 Å². The van der Waals surface area contributed by atoms with E-state index in [1.165, 1.54) is 0 Å². The molecule has 0 amide bonds. The van der Waals surface area contributed by atoms with Gasteiger partial charge in [0.2, 0.25) is 0 Å². The number of hydrogen-bond donors (Lipinski definition) is 0. The number of pyridine rings is 1. The van der Waals surface area contributed by atoms with Crippen LogP contribution in [0.25, 0.3) is 0 Å². The Labute approximate surface area is 122 Å². The Morgan fingerprint density at radius 2 is 1.13 bits per heavy atom. The first-order valence-corrected chi connectivity index (χ1v) is 6.47. The molecule has 0 aromatic carbocycles. The van der Waals surface area contributed by atoms with Crippen molar-refractivity contribution in [3.05, 3.63) is 30.6 Å². The van der Waals surface area contributed by atoms with Crippen molar-refractivity contribution < 1.29 is 57.5 Å². The van der Waals surface area contributed by atoms with Gasteiger partial charge in [0, 0.05) is 12.1 Å². The van der Waals surface area contributed by atoms with Gasteiger partial charge in [-0.1, -0.05) is 6.07 Å². The molecule has 1 heterocycles. The third-order valence-electron chi connectivity index (χ3n) is 2.04. The minimum Gasteiger partial charge on any atom is -0.743 e. The standard InChI is InChI=1S/C5H5N.C4HF9O3S/c1-2-4-6-5-3-1;5-1(6,3(9,10)11)2(7,8)4(12,13)17(14,15)16/h1-5H;(H,14,15,16). The van der Waals surface area contributed by atoms with Gasteiger partial charge in [0.05, 0.1) is 0 Å². The Kier molecular flexibility index (Phi) is 6.06. The van der Waals surface area contributed by atoms with Gasteiger partial charge in [-0.3, -0.25) is 0 Å². The quantitative estimate of drug-likeness (QED) is 0.598. The molecule has 14 heteroatoms. The van der Waals surface area contributed by atoms with Crippen LogP contribution in [0.2, 0.25) is 0 Å². The molecule has 0 aliphatic rings. The predicted molar refractivity (Wildman–Crippen MR) is 53.6 cm³/mol. The zero-order valence-electron chi connectivity index (χ0n) is 10.4. The molecule has 0 saturated carbocycles. The van der Waals surface area contributed by atoms with Crippen LogP contribution < -0.4 is 4.98 Å². The van der Waals surface area contributed by atoms with Crippen molar-refractivity contribution in [2.24, 2.45) is 0 Å². The molecule has 1 N–H and O–H groups in total. The van der Waals surface area contributed by atoms with E-state index in [0.29, 0.717) is 0 Å². The SMILES string of the molecule is O=S(=O)([O-])C(F)(F)C(F)(F)C(F)(F)C(F)(F)F.c1cc[nH+]cc1. The lowest BCUT2D eigenvalue weighted by Crippen LogP contribution is -2.63. The van der Waals surface area contributed by atoms with Gasteiger partial charge in [0.25, 0.3) is 0 Å². The molecule has 0 bridgehead atoms. The summed E-state index contributed by atoms with van der Waals surface area (Å²) in [5, 5.41) is -7.11. The maximum atomic E-state index is 12.2. The second-order valence-electron chi connectivity index (χ2n) is 3.69. The summed E-state index contributed by atoms with van der Waals surface area (Å²) in [4.78, 5) is 2.89. The third-order valence-corrected chi connectivity index (χ3v) is 2.92. The van der Waals surface area contributed by atoms with Crippen LogP contribution in [-0.2, 0) is 10.1 Å². The highest BCUT2D eigenvalue weighted by atomic mass is 32.2. The molecule has 0 aliphatic carbocycles. The molecule has 4 nitrogen and oxygen atoms in total. The number of hydrogen-bond acceptors (Lipinski definition) is 3. The number of H-pyrrole nitrogens is 1. The molecule has 1 aromatic rings. The molecule has 0 aliphatic heterocycles. The lowest BCUT2D eigenvalue weighted by Gasteiger charge is -2.34. The zero-order valence-corrected chi connectivity index (χ0v) is 11.2. The van der Waals surface area contributed by atoms with Crippen LogP contribution in [0.4, 0.5) is 39.5 Å². The van der Waals surface area contributed by atoms with E-state index in [1.807, 2.05) is 30.6 Å². The van der Waals surface area contributed by atoms with Crippen LogP contribution in [0.3, 0.4) is 0 Å². The molecule has 1 aromatic heterocycles. The fourth-order valence-corrected chi connectivity index (χ4v) is 1.30. The monoisotopic (exact) mass is 379 g/mol. The van der Waals surface area contributed by atoms with E-state index >= 15 is 0 Å². The van der Waals surface area contributed by atoms with Gasteiger partial charge >= 0.3 is 23.3 Å². The second kappa shape index (κ2) is 6.51. The minimum absolute atomic E-state index is 1.88. The van der Waals surface area contributed by atoms with E-state index in [1.54, 1.807) is 0 Å². The van der Waals surface area contributed by atoms with Gasteiger partial charge in [-0.05, 0) is 0 Å². The lowest BCUT2D eigenvalue weighted by molar-refractivity contribution is -0.382. The van der Waals surface area contributed by atoms with Gasteiger partial charge in [0.1, 0.15) is 0 Å². The van der Waals surface area contributed by atoms with Crippen LogP contribution in [0, 0.1) is 0 Å². The van der Waals surface area contributed by atoms with Crippen LogP contribution in [0.15, 0.2) is 30.6 Å². The van der Waals surface area contributed by atoms with Gasteiger partial charge in [-0.25, -0.2) is 13.4 Å². The van der Waals surface area contributed by atoms with Crippen molar-refractivity contribution in [2.75, 3.05) is 0 Å². The summed E-state index contributed by atoms with van der Waals surface area (Å²) >= 11 is 0. The smallest absolute Gasteiger partial charge is 0.460 e. The van der Waals surface area contributed by atoms with Crippen LogP contribution in [0.5, 0.6) is 0 Å². The first-order valence-electron chi connectivity index (χ1n) is 5.07. The van der Waals surface area contributed by atoms with Gasteiger partial charge in [-0.2, -0.15) is 39.5 Å². The van der Waals surface area contributed by atoms with E-state index in [0.717, 1.165) is 0 Å². The van der Waals surface area contributed by atoms with Gasteiger partial charge in [0.15, 0.2) is 22.5 Å². The number of halogens is 9. The molecule has 0 radical (unpaired) electrons. The summed E-state index contributed by atoms with van der Waals surface area (Å²) < 4.78 is 135. The van der Waals surface area contributed by atoms with Crippen molar-refractivity contribution in [3.63, 3.8) is 0 Å². The Balaban J connectivity index is 0.000000664. The molecule has 1 rings (SSSR count). The summed E-state index contributed by atoms with van der Waals surface area (Å²) in [6.45, 7) is 0. The minimum atomic E-state index is -7.43. The largest absolute Gasteiger partial charge is 0.743 e. The lowest BCUT2D eigenvalue weighted by atomic mass is 10.1. The third kappa shape index (κ3) is 4.25. The topological polar surface area (TPSA) is 71.3 Å². The summed E-state index contributed by atoms with van der Waals surface area (Å²) in [5.41, 5.74) is 0. The summed E-state index contributed by atoms with van der Waals surface area (Å²) in [6.07, 6.45) is -3.41. The Hall–Kier alpha value is -1.57.